The van der Waals surface area contributed by atoms with E-state index in [2.05, 4.69) is 64.6 Å². The third-order valence-corrected chi connectivity index (χ3v) is 11.1. The molecule has 0 aliphatic carbocycles. The minimum absolute atomic E-state index is 0.263. The molecule has 15 heteroatoms. The van der Waals surface area contributed by atoms with Crippen molar-refractivity contribution in [2.24, 2.45) is 0 Å². The molecule has 0 aliphatic heterocycles. The lowest BCUT2D eigenvalue weighted by Gasteiger charge is -2.04. The number of allylic oxidation sites excluding steroid dienone is 1. The van der Waals surface area contributed by atoms with Crippen LogP contribution in [0.5, 0.6) is 0 Å². The molecule has 0 aromatic carbocycles. The van der Waals surface area contributed by atoms with Crippen LogP contribution in [0.2, 0.25) is 0 Å². The van der Waals surface area contributed by atoms with Gasteiger partial charge in [-0.25, -0.2) is 24.0 Å². The summed E-state index contributed by atoms with van der Waals surface area (Å²) in [6.07, 6.45) is 31.9. The molecule has 494 valence electrons. The first kappa shape index (κ1) is 93.0. The Morgan fingerprint density at radius 1 is 0.286 bits per heavy atom. The first-order valence-corrected chi connectivity index (χ1v) is 30.9. The van der Waals surface area contributed by atoms with Crippen molar-refractivity contribution in [3.8, 4) is 0 Å². The molecule has 0 saturated carbocycles. The van der Waals surface area contributed by atoms with Gasteiger partial charge in [0.25, 0.3) is 0 Å². The lowest BCUT2D eigenvalue weighted by Crippen LogP contribution is -2.06. The van der Waals surface area contributed by atoms with Crippen LogP contribution in [0.25, 0.3) is 0 Å². The van der Waals surface area contributed by atoms with Crippen molar-refractivity contribution < 1.29 is 71.3 Å². The Bertz CT molecular complexity index is 1600. The fourth-order valence-corrected chi connectivity index (χ4v) is 6.00. The Morgan fingerprint density at radius 2 is 0.512 bits per heavy atom. The van der Waals surface area contributed by atoms with Gasteiger partial charge in [-0.15, -0.1) is 13.2 Å². The summed E-state index contributed by atoms with van der Waals surface area (Å²) in [5.74, 6) is -1.47. The monoisotopic (exact) mass is 1200 g/mol. The van der Waals surface area contributed by atoms with Gasteiger partial charge in [-0.05, 0) is 125 Å². The average Bonchev–Trinajstić information content (AvgIpc) is 3.46. The molecule has 0 aromatic heterocycles. The standard InChI is InChI=1S/C13H24O3.C13H24O2.C11H20O3.C10H20O.C9H16O3.C7H12O2.C6H12O/c1-12(2)13(14)16-11-9-7-5-4-6-8-10-15-3;1-4-5-6-7-8-9-10-11-15-13(14)12(2)3;1-10(2)11(12)14-9-7-5-4-6-8-13-3;1-10(2)8-6-4-5-7-9-11-3;1-8(2)9(10)12-7-5-4-6-11-3;1-3-5-6-9-7(8)4-2;1-6(2)4-5-7-3/h1,4-11H2,2-3H3;2,4-11H2,1,3H3;1,4-9H2,2-3H3;1,4-9H2,2-3H3;1,4-7H2,2-3H3;4H,2-3,5-6H2,1H3;1,4-5H2,2-3H3. The van der Waals surface area contributed by atoms with E-state index < -0.39 is 0 Å². The molecule has 0 spiro atoms. The van der Waals surface area contributed by atoms with Gasteiger partial charge in [0.2, 0.25) is 0 Å². The molecule has 0 rings (SSSR count). The van der Waals surface area contributed by atoms with Crippen molar-refractivity contribution in [2.45, 2.75) is 229 Å². The van der Waals surface area contributed by atoms with Gasteiger partial charge >= 0.3 is 29.8 Å². The van der Waals surface area contributed by atoms with Gasteiger partial charge in [0.05, 0.1) is 33.0 Å². The maximum absolute atomic E-state index is 11.0. The molecule has 0 radical (unpaired) electrons. The van der Waals surface area contributed by atoms with Crippen LogP contribution in [-0.4, -0.2) is 131 Å². The summed E-state index contributed by atoms with van der Waals surface area (Å²) in [5.41, 5.74) is 4.35. The first-order valence-electron chi connectivity index (χ1n) is 30.9. The fraction of sp³-hybridized carbons (Fsp3) is 0.725. The van der Waals surface area contributed by atoms with E-state index in [1.807, 2.05) is 13.8 Å². The number of carbonyl (C=O) groups is 5. The minimum Gasteiger partial charge on any atom is -0.463 e. The highest BCUT2D eigenvalue weighted by atomic mass is 16.5. The summed E-state index contributed by atoms with van der Waals surface area (Å²) in [6.45, 7) is 46.5. The first-order chi connectivity index (χ1) is 40.1. The van der Waals surface area contributed by atoms with E-state index >= 15 is 0 Å². The lowest BCUT2D eigenvalue weighted by molar-refractivity contribution is -0.140. The van der Waals surface area contributed by atoms with E-state index in [-0.39, 0.29) is 29.8 Å². The van der Waals surface area contributed by atoms with Gasteiger partial charge < -0.3 is 47.4 Å². The van der Waals surface area contributed by atoms with E-state index in [1.165, 1.54) is 101 Å². The van der Waals surface area contributed by atoms with Crippen LogP contribution in [-0.2, 0) is 71.3 Å². The van der Waals surface area contributed by atoms with Crippen LogP contribution in [0.15, 0.2) is 85.6 Å². The Kier molecular flexibility index (Phi) is 89.0. The molecule has 0 heterocycles. The smallest absolute Gasteiger partial charge is 0.333 e. The summed E-state index contributed by atoms with van der Waals surface area (Å²) in [4.78, 5) is 54.1. The minimum atomic E-state index is -0.330. The lowest BCUT2D eigenvalue weighted by atomic mass is 10.1. The average molecular weight is 1200 g/mol. The zero-order valence-electron chi connectivity index (χ0n) is 56.3. The second kappa shape index (κ2) is 80.4. The highest BCUT2D eigenvalue weighted by Gasteiger charge is 2.05. The van der Waals surface area contributed by atoms with Crippen molar-refractivity contribution in [2.75, 3.05) is 102 Å². The third kappa shape index (κ3) is 99.4. The van der Waals surface area contributed by atoms with Crippen molar-refractivity contribution in [1.29, 1.82) is 0 Å². The number of unbranched alkanes of at least 4 members (excludes halogenated alkanes) is 19. The zero-order chi connectivity index (χ0) is 65.3. The summed E-state index contributed by atoms with van der Waals surface area (Å²) >= 11 is 0. The Hall–Kier alpha value is -4.67. The van der Waals surface area contributed by atoms with Gasteiger partial charge in [0.15, 0.2) is 0 Å². The maximum atomic E-state index is 11.0. The molecule has 0 bridgehead atoms. The van der Waals surface area contributed by atoms with Gasteiger partial charge in [-0.1, -0.05) is 148 Å². The molecular weight excluding hydrogens is 1070 g/mol. The zero-order valence-corrected chi connectivity index (χ0v) is 56.3. The molecule has 0 unspecified atom stereocenters. The summed E-state index contributed by atoms with van der Waals surface area (Å²) < 4.78 is 48.9. The van der Waals surface area contributed by atoms with E-state index in [9.17, 15) is 24.0 Å². The molecule has 0 aromatic rings. The van der Waals surface area contributed by atoms with Crippen molar-refractivity contribution in [3.05, 3.63) is 85.6 Å². The molecule has 0 N–H and O–H groups in total. The van der Waals surface area contributed by atoms with Crippen LogP contribution in [0.4, 0.5) is 0 Å². The fourth-order valence-electron chi connectivity index (χ4n) is 6.00. The normalized spacial score (nSPS) is 9.68. The van der Waals surface area contributed by atoms with E-state index in [1.54, 1.807) is 63.2 Å². The van der Waals surface area contributed by atoms with Crippen LogP contribution >= 0.6 is 0 Å². The second-order valence-electron chi connectivity index (χ2n) is 20.5. The summed E-state index contributed by atoms with van der Waals surface area (Å²) in [7, 11) is 8.54. The van der Waals surface area contributed by atoms with Crippen LogP contribution < -0.4 is 0 Å². The van der Waals surface area contributed by atoms with Gasteiger partial charge in [0.1, 0.15) is 0 Å². The molecule has 84 heavy (non-hydrogen) atoms. The molecule has 0 amide bonds. The molecular formula is C69H128O15. The Balaban J connectivity index is -0.000000167. The van der Waals surface area contributed by atoms with Crippen molar-refractivity contribution in [3.63, 3.8) is 0 Å². The van der Waals surface area contributed by atoms with Gasteiger partial charge in [-0.2, -0.15) is 0 Å². The summed E-state index contributed by atoms with van der Waals surface area (Å²) in [6, 6.07) is 0. The largest absolute Gasteiger partial charge is 0.463 e. The highest BCUT2D eigenvalue weighted by Crippen LogP contribution is 2.10. The van der Waals surface area contributed by atoms with Crippen LogP contribution in [0.3, 0.4) is 0 Å². The number of hydrogen-bond donors (Lipinski definition) is 0. The SMILES string of the molecule is C=C(C)C(=O)OCCCCCCCCC.C=C(C)C(=O)OCCCCCCCCOC.C=C(C)C(=O)OCCCCCCOC.C=C(C)C(=O)OCCCCOC.C=C(C)CCCCCCOC.C=C(C)CCOC.C=CC(=O)OCCCC. The molecule has 0 aliphatic rings. The Morgan fingerprint density at radius 3 is 0.750 bits per heavy atom. The van der Waals surface area contributed by atoms with Crippen LogP contribution in [0.1, 0.15) is 229 Å². The molecule has 0 saturated heterocycles. The van der Waals surface area contributed by atoms with E-state index in [0.29, 0.717) is 61.9 Å². The predicted molar refractivity (Wildman–Crippen MR) is 349 cm³/mol. The van der Waals surface area contributed by atoms with E-state index in [4.69, 9.17) is 42.6 Å². The number of rotatable bonds is 47. The topological polar surface area (TPSA) is 178 Å². The second-order valence-corrected chi connectivity index (χ2v) is 20.5. The van der Waals surface area contributed by atoms with Crippen molar-refractivity contribution >= 4 is 29.8 Å². The summed E-state index contributed by atoms with van der Waals surface area (Å²) in [5, 5.41) is 0. The Labute approximate surface area is 515 Å². The third-order valence-electron chi connectivity index (χ3n) is 11.1. The number of hydrogen-bond acceptors (Lipinski definition) is 15. The quantitative estimate of drug-likeness (QED) is 0.0185. The van der Waals surface area contributed by atoms with Gasteiger partial charge in [-0.3, -0.25) is 0 Å². The number of carbonyl (C=O) groups excluding carboxylic acids is 5. The molecule has 0 atom stereocenters. The van der Waals surface area contributed by atoms with Gasteiger partial charge in [0, 0.05) is 97.0 Å². The molecule has 15 nitrogen and oxygen atoms in total. The van der Waals surface area contributed by atoms with Crippen molar-refractivity contribution in [1.82, 2.24) is 0 Å². The predicted octanol–water partition coefficient (Wildman–Crippen LogP) is 17.1. The number of esters is 5. The van der Waals surface area contributed by atoms with E-state index in [0.717, 1.165) is 116 Å². The highest BCUT2D eigenvalue weighted by molar-refractivity contribution is 5.88. The molecule has 0 fully saturated rings. The number of methoxy groups -OCH3 is 5. The number of ether oxygens (including phenoxy) is 10. The van der Waals surface area contributed by atoms with Crippen LogP contribution in [0, 0.1) is 0 Å². The maximum Gasteiger partial charge on any atom is 0.333 e.